The molecular formula is C27H38N4O6S2. The van der Waals surface area contributed by atoms with Crippen LogP contribution in [0, 0.1) is 11.8 Å². The van der Waals surface area contributed by atoms with Gasteiger partial charge in [0.15, 0.2) is 0 Å². The molecule has 0 unspecified atom stereocenters. The minimum atomic E-state index is -3.73. The summed E-state index contributed by atoms with van der Waals surface area (Å²) in [7, 11) is -1.76. The Balaban J connectivity index is 1.86. The number of benzene rings is 1. The molecule has 10 nitrogen and oxygen atoms in total. The van der Waals surface area contributed by atoms with Crippen molar-refractivity contribution in [3.8, 4) is 0 Å². The number of sulfonamides is 1. The summed E-state index contributed by atoms with van der Waals surface area (Å²) in [5, 5.41) is 5.37. The highest BCUT2D eigenvalue weighted by Crippen LogP contribution is 2.37. The monoisotopic (exact) mass is 578 g/mol. The molecule has 1 aromatic carbocycles. The quantitative estimate of drug-likeness (QED) is 0.433. The number of hydrogen-bond donors (Lipinski definition) is 2. The highest BCUT2D eigenvalue weighted by atomic mass is 32.2. The van der Waals surface area contributed by atoms with Crippen LogP contribution in [0.1, 0.15) is 65.8 Å². The lowest BCUT2D eigenvalue weighted by molar-refractivity contribution is 0.0924. The van der Waals surface area contributed by atoms with E-state index in [2.05, 4.69) is 15.5 Å². The standard InChI is InChI=1S/C27H38N4O6S2/c1-7-37-27(34)29-25(33)23-21-12-13-30(6)16-22(21)38-26(23)28-24(32)19-8-10-20(11-9-19)39(35,36)31(14-17(2)3)15-18(4)5/h8-11,17-18H,7,12-16H2,1-6H3,(H,28,32)(H,29,33,34). The molecule has 0 spiro atoms. The number of carbonyl (C=O) groups excluding carboxylic acids is 3. The molecule has 0 radical (unpaired) electrons. The Morgan fingerprint density at radius 3 is 2.23 bits per heavy atom. The molecule has 0 bridgehead atoms. The molecule has 12 heteroatoms. The first-order valence-electron chi connectivity index (χ1n) is 13.1. The number of ether oxygens (including phenoxy) is 1. The van der Waals surface area contributed by atoms with Crippen molar-refractivity contribution in [3.63, 3.8) is 0 Å². The van der Waals surface area contributed by atoms with Gasteiger partial charge in [-0.05, 0) is 62.1 Å². The summed E-state index contributed by atoms with van der Waals surface area (Å²) in [4.78, 5) is 41.3. The SMILES string of the molecule is CCOC(=O)NC(=O)c1c(NC(=O)c2ccc(S(=O)(=O)N(CC(C)C)CC(C)C)cc2)sc2c1CCN(C)C2. The molecule has 0 saturated carbocycles. The Hall–Kier alpha value is -2.80. The van der Waals surface area contributed by atoms with Crippen molar-refractivity contribution in [1.29, 1.82) is 0 Å². The van der Waals surface area contributed by atoms with Gasteiger partial charge in [0.2, 0.25) is 10.0 Å². The highest BCUT2D eigenvalue weighted by molar-refractivity contribution is 7.89. The van der Waals surface area contributed by atoms with Gasteiger partial charge in [0, 0.05) is 36.6 Å². The first-order chi connectivity index (χ1) is 18.3. The molecule has 1 aromatic heterocycles. The number of nitrogens with zero attached hydrogens (tertiary/aromatic N) is 2. The van der Waals surface area contributed by atoms with Crippen molar-refractivity contribution in [2.45, 2.75) is 52.5 Å². The Kier molecular flexibility index (Phi) is 10.3. The van der Waals surface area contributed by atoms with Gasteiger partial charge in [0.05, 0.1) is 17.1 Å². The molecule has 0 aliphatic carbocycles. The van der Waals surface area contributed by atoms with Gasteiger partial charge in [-0.3, -0.25) is 14.9 Å². The van der Waals surface area contributed by atoms with Crippen LogP contribution in [-0.4, -0.2) is 68.8 Å². The van der Waals surface area contributed by atoms with E-state index in [4.69, 9.17) is 4.74 Å². The smallest absolute Gasteiger partial charge is 0.414 e. The number of likely N-dealkylation sites (N-methyl/N-ethyl adjacent to an activating group) is 1. The zero-order chi connectivity index (χ0) is 28.9. The molecule has 3 rings (SSSR count). The van der Waals surface area contributed by atoms with Crippen LogP contribution in [0.4, 0.5) is 9.80 Å². The van der Waals surface area contributed by atoms with Crippen molar-refractivity contribution in [2.75, 3.05) is 38.6 Å². The lowest BCUT2D eigenvalue weighted by atomic mass is 10.0. The first kappa shape index (κ1) is 30.7. The number of anilines is 1. The molecule has 3 amide bonds. The molecule has 2 heterocycles. The lowest BCUT2D eigenvalue weighted by Crippen LogP contribution is -2.37. The Morgan fingerprint density at radius 1 is 1.05 bits per heavy atom. The van der Waals surface area contributed by atoms with Gasteiger partial charge in [-0.15, -0.1) is 11.3 Å². The van der Waals surface area contributed by atoms with Gasteiger partial charge < -0.3 is 15.0 Å². The Morgan fingerprint density at radius 2 is 1.67 bits per heavy atom. The summed E-state index contributed by atoms with van der Waals surface area (Å²) in [5.74, 6) is -0.801. The molecule has 0 saturated heterocycles. The van der Waals surface area contributed by atoms with Crippen molar-refractivity contribution in [3.05, 3.63) is 45.8 Å². The van der Waals surface area contributed by atoms with Crippen molar-refractivity contribution in [1.82, 2.24) is 14.5 Å². The van der Waals surface area contributed by atoms with Crippen LogP contribution in [0.25, 0.3) is 0 Å². The molecule has 0 atom stereocenters. The molecule has 2 aromatic rings. The minimum Gasteiger partial charge on any atom is -0.450 e. The maximum absolute atomic E-state index is 13.3. The fraction of sp³-hybridized carbons (Fsp3) is 0.519. The third-order valence-electron chi connectivity index (χ3n) is 6.08. The number of hydrogen-bond acceptors (Lipinski definition) is 8. The predicted molar refractivity (Wildman–Crippen MR) is 152 cm³/mol. The van der Waals surface area contributed by atoms with E-state index in [1.165, 1.54) is 39.9 Å². The maximum atomic E-state index is 13.3. The molecule has 39 heavy (non-hydrogen) atoms. The van der Waals surface area contributed by atoms with E-state index in [9.17, 15) is 22.8 Å². The Bertz CT molecular complexity index is 1290. The Labute approximate surface area is 234 Å². The van der Waals surface area contributed by atoms with Crippen LogP contribution >= 0.6 is 11.3 Å². The minimum absolute atomic E-state index is 0.115. The zero-order valence-corrected chi connectivity index (χ0v) is 25.0. The average molecular weight is 579 g/mol. The van der Waals surface area contributed by atoms with Gasteiger partial charge >= 0.3 is 6.09 Å². The largest absolute Gasteiger partial charge is 0.450 e. The fourth-order valence-corrected chi connectivity index (χ4v) is 7.46. The fourth-order valence-electron chi connectivity index (χ4n) is 4.37. The first-order valence-corrected chi connectivity index (χ1v) is 15.3. The molecule has 214 valence electrons. The second-order valence-corrected chi connectivity index (χ2v) is 13.5. The average Bonchev–Trinajstić information content (AvgIpc) is 3.20. The summed E-state index contributed by atoms with van der Waals surface area (Å²) in [6.07, 6.45) is -0.256. The number of thiophene rings is 1. The third kappa shape index (κ3) is 7.65. The van der Waals surface area contributed by atoms with Gasteiger partial charge in [0.25, 0.3) is 11.8 Å². The summed E-state index contributed by atoms with van der Waals surface area (Å²) in [5.41, 5.74) is 1.29. The van der Waals surface area contributed by atoms with Crippen LogP contribution in [-0.2, 0) is 27.7 Å². The van der Waals surface area contributed by atoms with Crippen LogP contribution in [0.5, 0.6) is 0 Å². The van der Waals surface area contributed by atoms with Crippen molar-refractivity contribution in [2.24, 2.45) is 11.8 Å². The predicted octanol–water partition coefficient (Wildman–Crippen LogP) is 4.18. The lowest BCUT2D eigenvalue weighted by Gasteiger charge is -2.25. The van der Waals surface area contributed by atoms with Crippen LogP contribution in [0.2, 0.25) is 0 Å². The van der Waals surface area contributed by atoms with E-state index in [1.54, 1.807) is 6.92 Å². The van der Waals surface area contributed by atoms with Gasteiger partial charge in [-0.2, -0.15) is 4.31 Å². The summed E-state index contributed by atoms with van der Waals surface area (Å²) >= 11 is 1.29. The molecule has 1 aliphatic rings. The second kappa shape index (κ2) is 13.0. The summed E-state index contributed by atoms with van der Waals surface area (Å²) < 4.78 is 32.9. The third-order valence-corrected chi connectivity index (χ3v) is 9.06. The zero-order valence-electron chi connectivity index (χ0n) is 23.4. The normalized spacial score (nSPS) is 14.0. The van der Waals surface area contributed by atoms with Crippen LogP contribution < -0.4 is 10.6 Å². The van der Waals surface area contributed by atoms with Crippen molar-refractivity contribution >= 4 is 44.3 Å². The van der Waals surface area contributed by atoms with E-state index in [0.717, 1.165) is 17.0 Å². The number of nitrogens with one attached hydrogen (secondary N) is 2. The van der Waals surface area contributed by atoms with E-state index in [1.807, 2.05) is 34.7 Å². The summed E-state index contributed by atoms with van der Waals surface area (Å²) in [6, 6.07) is 5.79. The van der Waals surface area contributed by atoms with Gasteiger partial charge in [-0.1, -0.05) is 27.7 Å². The second-order valence-electron chi connectivity index (χ2n) is 10.5. The van der Waals surface area contributed by atoms with Gasteiger partial charge in [-0.25, -0.2) is 13.2 Å². The highest BCUT2D eigenvalue weighted by Gasteiger charge is 2.30. The van der Waals surface area contributed by atoms with Crippen molar-refractivity contribution < 1.29 is 27.5 Å². The van der Waals surface area contributed by atoms with E-state index in [-0.39, 0.29) is 34.5 Å². The number of fused-ring (bicyclic) bond motifs is 1. The molecular weight excluding hydrogens is 540 g/mol. The number of amides is 3. The number of alkyl carbamates (subject to hydrolysis) is 1. The molecule has 2 N–H and O–H groups in total. The van der Waals surface area contributed by atoms with E-state index >= 15 is 0 Å². The number of carbonyl (C=O) groups is 3. The summed E-state index contributed by atoms with van der Waals surface area (Å²) in [6.45, 7) is 11.8. The van der Waals surface area contributed by atoms with Gasteiger partial charge in [0.1, 0.15) is 5.00 Å². The number of rotatable bonds is 10. The maximum Gasteiger partial charge on any atom is 0.414 e. The molecule has 1 aliphatic heterocycles. The number of imide groups is 1. The van der Waals surface area contributed by atoms with Crippen LogP contribution in [0.15, 0.2) is 29.2 Å². The topological polar surface area (TPSA) is 125 Å². The molecule has 0 fully saturated rings. The van der Waals surface area contributed by atoms with E-state index in [0.29, 0.717) is 31.1 Å². The van der Waals surface area contributed by atoms with Crippen LogP contribution in [0.3, 0.4) is 0 Å². The van der Waals surface area contributed by atoms with E-state index < -0.39 is 27.9 Å².